The number of aryl methyl sites for hydroxylation is 1. The summed E-state index contributed by atoms with van der Waals surface area (Å²) in [4.78, 5) is 11.2. The summed E-state index contributed by atoms with van der Waals surface area (Å²) < 4.78 is 0. The average Bonchev–Trinajstić information content (AvgIpc) is 2.94. The zero-order chi connectivity index (χ0) is 14.5. The quantitative estimate of drug-likeness (QED) is 0.915. The largest absolute Gasteiger partial charge is 0.370 e. The van der Waals surface area contributed by atoms with Gasteiger partial charge in [-0.3, -0.25) is 9.88 Å². The van der Waals surface area contributed by atoms with Gasteiger partial charge in [-0.05, 0) is 49.6 Å². The van der Waals surface area contributed by atoms with Gasteiger partial charge in [0.15, 0.2) is 0 Å². The van der Waals surface area contributed by atoms with E-state index in [1.165, 1.54) is 18.5 Å². The summed E-state index contributed by atoms with van der Waals surface area (Å²) in [5.41, 5.74) is 2.36. The van der Waals surface area contributed by atoms with Crippen molar-refractivity contribution in [2.24, 2.45) is 5.92 Å². The standard InChI is InChI=1S/C17H22N4/c1-14-4-2-6-17(20-14)19-11-16-7-9-21(13-16)12-15-5-3-8-18-10-15/h2-6,8,10,16H,7,9,11-13H2,1H3,(H,19,20)/t16-/m1/s1. The van der Waals surface area contributed by atoms with Gasteiger partial charge in [0.05, 0.1) is 0 Å². The zero-order valence-electron chi connectivity index (χ0n) is 12.5. The fourth-order valence-corrected chi connectivity index (χ4v) is 2.86. The Morgan fingerprint density at radius 3 is 3.05 bits per heavy atom. The van der Waals surface area contributed by atoms with E-state index < -0.39 is 0 Å². The van der Waals surface area contributed by atoms with Crippen LogP contribution in [-0.2, 0) is 6.54 Å². The van der Waals surface area contributed by atoms with Crippen molar-refractivity contribution in [1.29, 1.82) is 0 Å². The predicted octanol–water partition coefficient (Wildman–Crippen LogP) is 2.72. The molecular weight excluding hydrogens is 260 g/mol. The molecule has 2 aromatic heterocycles. The van der Waals surface area contributed by atoms with Gasteiger partial charge in [-0.25, -0.2) is 4.98 Å². The van der Waals surface area contributed by atoms with Gasteiger partial charge < -0.3 is 5.32 Å². The Balaban J connectivity index is 1.46. The first-order valence-electron chi connectivity index (χ1n) is 7.58. The monoisotopic (exact) mass is 282 g/mol. The van der Waals surface area contributed by atoms with Crippen LogP contribution in [0.2, 0.25) is 0 Å². The third-order valence-corrected chi connectivity index (χ3v) is 3.96. The molecular formula is C17H22N4. The average molecular weight is 282 g/mol. The molecule has 1 atom stereocenters. The lowest BCUT2D eigenvalue weighted by atomic mass is 10.1. The lowest BCUT2D eigenvalue weighted by Crippen LogP contribution is -2.22. The fraction of sp³-hybridized carbons (Fsp3) is 0.412. The zero-order valence-corrected chi connectivity index (χ0v) is 12.5. The van der Waals surface area contributed by atoms with Gasteiger partial charge in [0.1, 0.15) is 5.82 Å². The first kappa shape index (κ1) is 14.0. The highest BCUT2D eigenvalue weighted by Gasteiger charge is 2.22. The Labute approximate surface area is 126 Å². The number of nitrogens with zero attached hydrogens (tertiary/aromatic N) is 3. The van der Waals surface area contributed by atoms with Gasteiger partial charge in [0.25, 0.3) is 0 Å². The minimum Gasteiger partial charge on any atom is -0.370 e. The SMILES string of the molecule is Cc1cccc(NC[C@H]2CCN(Cc3cccnc3)C2)n1. The molecule has 4 nitrogen and oxygen atoms in total. The van der Waals surface area contributed by atoms with Crippen LogP contribution in [0.4, 0.5) is 5.82 Å². The molecule has 3 rings (SSSR count). The molecule has 1 aliphatic heterocycles. The molecule has 1 fully saturated rings. The second kappa shape index (κ2) is 6.68. The van der Waals surface area contributed by atoms with Crippen LogP contribution >= 0.6 is 0 Å². The van der Waals surface area contributed by atoms with Gasteiger partial charge in [-0.2, -0.15) is 0 Å². The molecule has 1 N–H and O–H groups in total. The molecule has 0 bridgehead atoms. The van der Waals surface area contributed by atoms with Crippen LogP contribution < -0.4 is 5.32 Å². The lowest BCUT2D eigenvalue weighted by molar-refractivity contribution is 0.318. The molecule has 1 aliphatic rings. The molecule has 0 unspecified atom stereocenters. The van der Waals surface area contributed by atoms with Crippen LogP contribution in [0.25, 0.3) is 0 Å². The fourth-order valence-electron chi connectivity index (χ4n) is 2.86. The van der Waals surface area contributed by atoms with Crippen LogP contribution in [0.1, 0.15) is 17.7 Å². The number of hydrogen-bond donors (Lipinski definition) is 1. The highest BCUT2D eigenvalue weighted by atomic mass is 15.2. The summed E-state index contributed by atoms with van der Waals surface area (Å²) in [5, 5.41) is 3.46. The maximum absolute atomic E-state index is 4.49. The third-order valence-electron chi connectivity index (χ3n) is 3.96. The summed E-state index contributed by atoms with van der Waals surface area (Å²) in [5.74, 6) is 1.68. The number of likely N-dealkylation sites (tertiary alicyclic amines) is 1. The number of rotatable bonds is 5. The normalized spacial score (nSPS) is 18.8. The van der Waals surface area contributed by atoms with Crippen molar-refractivity contribution in [2.75, 3.05) is 25.0 Å². The summed E-state index contributed by atoms with van der Waals surface area (Å²) in [6.45, 7) is 6.35. The minimum atomic E-state index is 0.698. The van der Waals surface area contributed by atoms with Gasteiger partial charge in [0, 0.05) is 37.7 Å². The van der Waals surface area contributed by atoms with E-state index in [0.29, 0.717) is 5.92 Å². The number of hydrogen-bond acceptors (Lipinski definition) is 4. The van der Waals surface area contributed by atoms with Crippen LogP contribution in [-0.4, -0.2) is 34.5 Å². The van der Waals surface area contributed by atoms with Crippen molar-refractivity contribution in [3.63, 3.8) is 0 Å². The first-order valence-corrected chi connectivity index (χ1v) is 7.58. The number of aromatic nitrogens is 2. The molecule has 21 heavy (non-hydrogen) atoms. The second-order valence-corrected chi connectivity index (χ2v) is 5.80. The number of pyridine rings is 2. The smallest absolute Gasteiger partial charge is 0.126 e. The third kappa shape index (κ3) is 4.02. The molecule has 0 spiro atoms. The minimum absolute atomic E-state index is 0.698. The first-order chi connectivity index (χ1) is 10.3. The van der Waals surface area contributed by atoms with Crippen LogP contribution in [0, 0.1) is 12.8 Å². The van der Waals surface area contributed by atoms with Crippen molar-refractivity contribution >= 4 is 5.82 Å². The van der Waals surface area contributed by atoms with Gasteiger partial charge >= 0.3 is 0 Å². The van der Waals surface area contributed by atoms with Crippen molar-refractivity contribution in [1.82, 2.24) is 14.9 Å². The molecule has 0 saturated carbocycles. The molecule has 0 aliphatic carbocycles. The topological polar surface area (TPSA) is 41.0 Å². The van der Waals surface area contributed by atoms with Gasteiger partial charge in [0.2, 0.25) is 0 Å². The summed E-state index contributed by atoms with van der Waals surface area (Å²) in [6.07, 6.45) is 5.04. The maximum Gasteiger partial charge on any atom is 0.126 e. The van der Waals surface area contributed by atoms with E-state index in [2.05, 4.69) is 26.3 Å². The molecule has 110 valence electrons. The molecule has 3 heterocycles. The second-order valence-electron chi connectivity index (χ2n) is 5.80. The summed E-state index contributed by atoms with van der Waals surface area (Å²) in [7, 11) is 0. The predicted molar refractivity (Wildman–Crippen MR) is 85.1 cm³/mol. The van der Waals surface area contributed by atoms with Gasteiger partial charge in [-0.15, -0.1) is 0 Å². The van der Waals surface area contributed by atoms with Gasteiger partial charge in [-0.1, -0.05) is 12.1 Å². The molecule has 1 saturated heterocycles. The van der Waals surface area contributed by atoms with E-state index in [4.69, 9.17) is 0 Å². The van der Waals surface area contributed by atoms with Crippen LogP contribution in [0.5, 0.6) is 0 Å². The van der Waals surface area contributed by atoms with E-state index in [1.54, 1.807) is 0 Å². The molecule has 4 heteroatoms. The lowest BCUT2D eigenvalue weighted by Gasteiger charge is -2.16. The van der Waals surface area contributed by atoms with E-state index in [0.717, 1.165) is 31.1 Å². The van der Waals surface area contributed by atoms with E-state index in [9.17, 15) is 0 Å². The van der Waals surface area contributed by atoms with Crippen molar-refractivity contribution < 1.29 is 0 Å². The summed E-state index contributed by atoms with van der Waals surface area (Å²) in [6, 6.07) is 10.3. The highest BCUT2D eigenvalue weighted by molar-refractivity contribution is 5.35. The van der Waals surface area contributed by atoms with E-state index in [1.807, 2.05) is 43.6 Å². The van der Waals surface area contributed by atoms with Crippen molar-refractivity contribution in [3.8, 4) is 0 Å². The van der Waals surface area contributed by atoms with E-state index >= 15 is 0 Å². The molecule has 0 radical (unpaired) electrons. The van der Waals surface area contributed by atoms with Crippen LogP contribution in [0.15, 0.2) is 42.7 Å². The van der Waals surface area contributed by atoms with Crippen molar-refractivity contribution in [3.05, 3.63) is 54.0 Å². The summed E-state index contributed by atoms with van der Waals surface area (Å²) >= 11 is 0. The Morgan fingerprint density at radius 1 is 1.29 bits per heavy atom. The van der Waals surface area contributed by atoms with Crippen LogP contribution in [0.3, 0.4) is 0 Å². The highest BCUT2D eigenvalue weighted by Crippen LogP contribution is 2.19. The Bertz CT molecular complexity index is 570. The van der Waals surface area contributed by atoms with Crippen molar-refractivity contribution in [2.45, 2.75) is 19.9 Å². The molecule has 2 aromatic rings. The number of anilines is 1. The Hall–Kier alpha value is -1.94. The molecule has 0 amide bonds. The molecule has 0 aromatic carbocycles. The Morgan fingerprint density at radius 2 is 2.24 bits per heavy atom. The Kier molecular flexibility index (Phi) is 4.46. The number of nitrogens with one attached hydrogen (secondary N) is 1. The maximum atomic E-state index is 4.49. The van der Waals surface area contributed by atoms with E-state index in [-0.39, 0.29) is 0 Å².